The van der Waals surface area contributed by atoms with Gasteiger partial charge in [0.15, 0.2) is 11.4 Å². The maximum Gasteiger partial charge on any atom is 0.230 e. The first-order valence-electron chi connectivity index (χ1n) is 14.8. The van der Waals surface area contributed by atoms with Crippen LogP contribution in [-0.2, 0) is 33.6 Å². The van der Waals surface area contributed by atoms with Crippen LogP contribution in [0.15, 0.2) is 72.3 Å². The molecule has 1 amide bonds. The Labute approximate surface area is 255 Å². The number of phenolic OH excluding ortho intramolecular Hbond substituents is 1. The Kier molecular flexibility index (Phi) is 7.44. The molecule has 3 aromatic rings. The zero-order chi connectivity index (χ0) is 31.5. The molecular formula is C35H36N2O7. The maximum atomic E-state index is 14.0. The van der Waals surface area contributed by atoms with Crippen LogP contribution in [0.2, 0.25) is 0 Å². The highest BCUT2D eigenvalue weighted by Crippen LogP contribution is 2.53. The highest BCUT2D eigenvalue weighted by atomic mass is 16.3. The van der Waals surface area contributed by atoms with E-state index in [9.17, 15) is 34.8 Å². The zero-order valence-electron chi connectivity index (χ0n) is 24.6. The quantitative estimate of drug-likeness (QED) is 0.271. The van der Waals surface area contributed by atoms with Crippen LogP contribution in [0.5, 0.6) is 5.75 Å². The minimum Gasteiger partial charge on any atom is -0.507 e. The summed E-state index contributed by atoms with van der Waals surface area (Å²) >= 11 is 0. The number of aromatic hydroxyl groups is 1. The molecule has 6 atom stereocenters. The van der Waals surface area contributed by atoms with Crippen LogP contribution >= 0.6 is 0 Å². The summed E-state index contributed by atoms with van der Waals surface area (Å²) < 4.78 is 0. The van der Waals surface area contributed by atoms with E-state index in [4.69, 9.17) is 5.73 Å². The van der Waals surface area contributed by atoms with Crippen LogP contribution in [-0.4, -0.2) is 74.6 Å². The van der Waals surface area contributed by atoms with E-state index in [2.05, 4.69) is 24.3 Å². The number of aryl methyl sites for hydroxylation is 2. The van der Waals surface area contributed by atoms with E-state index in [0.29, 0.717) is 5.56 Å². The SMILES string of the molecule is CN(C)[C@H]1C(O)C(C(N)=O)C(=O)[C@]2(O)C(=O)C3=C(O)c4c(O)ccc(-c5ccc(CCc6ccccc6)cc5)c4C[C@@H]3C[C@H]12. The molecule has 0 heterocycles. The third-order valence-corrected chi connectivity index (χ3v) is 9.78. The number of nitrogens with zero attached hydrogens (tertiary/aromatic N) is 1. The van der Waals surface area contributed by atoms with Gasteiger partial charge in [-0.05, 0) is 79.6 Å². The number of carbonyl (C=O) groups excluding carboxylic acids is 3. The van der Waals surface area contributed by atoms with Crippen molar-refractivity contribution in [1.29, 1.82) is 0 Å². The van der Waals surface area contributed by atoms with Crippen molar-refractivity contribution in [2.24, 2.45) is 23.5 Å². The first-order chi connectivity index (χ1) is 20.9. The van der Waals surface area contributed by atoms with Crippen LogP contribution in [0.1, 0.15) is 28.7 Å². The molecule has 2 saturated carbocycles. The third-order valence-electron chi connectivity index (χ3n) is 9.78. The van der Waals surface area contributed by atoms with Crippen molar-refractivity contribution in [3.63, 3.8) is 0 Å². The number of carbonyl (C=O) groups is 3. The molecule has 2 fully saturated rings. The van der Waals surface area contributed by atoms with Crippen molar-refractivity contribution in [2.45, 2.75) is 43.4 Å². The average Bonchev–Trinajstić information content (AvgIpc) is 2.98. The summed E-state index contributed by atoms with van der Waals surface area (Å²) in [6.45, 7) is 0. The highest BCUT2D eigenvalue weighted by Gasteiger charge is 2.67. The predicted octanol–water partition coefficient (Wildman–Crippen LogP) is 2.58. The van der Waals surface area contributed by atoms with Crippen molar-refractivity contribution < 1.29 is 34.8 Å². The number of phenols is 1. The summed E-state index contributed by atoms with van der Waals surface area (Å²) in [5, 5.41) is 45.2. The number of rotatable bonds is 6. The van der Waals surface area contributed by atoms with E-state index in [1.54, 1.807) is 25.1 Å². The molecular weight excluding hydrogens is 560 g/mol. The maximum absolute atomic E-state index is 14.0. The fourth-order valence-corrected chi connectivity index (χ4v) is 7.66. The lowest BCUT2D eigenvalue weighted by Crippen LogP contribution is -2.73. The molecule has 0 bridgehead atoms. The summed E-state index contributed by atoms with van der Waals surface area (Å²) in [6, 6.07) is 20.6. The first-order valence-corrected chi connectivity index (χ1v) is 14.8. The molecule has 3 aliphatic rings. The van der Waals surface area contributed by atoms with E-state index >= 15 is 0 Å². The molecule has 0 radical (unpaired) electrons. The van der Waals surface area contributed by atoms with Gasteiger partial charge in [-0.3, -0.25) is 14.4 Å². The number of nitrogens with two attached hydrogens (primary N) is 1. The normalized spacial score (nSPS) is 28.0. The first kappa shape index (κ1) is 29.7. The van der Waals surface area contributed by atoms with E-state index in [1.165, 1.54) is 11.6 Å². The molecule has 228 valence electrons. The Balaban J connectivity index is 1.39. The smallest absolute Gasteiger partial charge is 0.230 e. The van der Waals surface area contributed by atoms with Crippen molar-refractivity contribution in [3.8, 4) is 16.9 Å². The molecule has 9 heteroatoms. The van der Waals surface area contributed by atoms with Gasteiger partial charge in [-0.15, -0.1) is 0 Å². The number of aliphatic hydroxyl groups is 3. The number of primary amides is 1. The summed E-state index contributed by atoms with van der Waals surface area (Å²) in [5.41, 5.74) is 7.41. The van der Waals surface area contributed by atoms with Gasteiger partial charge in [-0.2, -0.15) is 0 Å². The highest BCUT2D eigenvalue weighted by molar-refractivity contribution is 6.25. The molecule has 0 aliphatic heterocycles. The molecule has 44 heavy (non-hydrogen) atoms. The van der Waals surface area contributed by atoms with Gasteiger partial charge in [0.1, 0.15) is 17.4 Å². The molecule has 9 nitrogen and oxygen atoms in total. The standard InChI is InChI=1S/C35H36N2O7/c1-37(2)29-24-17-21-16-23-22(20-12-10-19(11-13-20)9-8-18-6-4-3-5-7-18)14-15-25(38)27(23)30(39)26(21)32(41)35(24,44)33(42)28(31(29)40)34(36)43/h3-7,10-15,21,24,28-29,31,38-40,44H,8-9,16-17H2,1-2H3,(H2,36,43)/t21-,24-,28?,29-,31?,35-/m1/s1. The van der Waals surface area contributed by atoms with Crippen LogP contribution < -0.4 is 5.73 Å². The monoisotopic (exact) mass is 596 g/mol. The predicted molar refractivity (Wildman–Crippen MR) is 163 cm³/mol. The third kappa shape index (κ3) is 4.54. The van der Waals surface area contributed by atoms with Crippen LogP contribution in [0.4, 0.5) is 0 Å². The molecule has 0 saturated heterocycles. The number of likely N-dealkylation sites (N-methyl/N-ethyl adjacent to an activating group) is 1. The molecule has 2 unspecified atom stereocenters. The van der Waals surface area contributed by atoms with Gasteiger partial charge in [0.05, 0.1) is 11.7 Å². The van der Waals surface area contributed by atoms with Gasteiger partial charge in [0, 0.05) is 17.5 Å². The van der Waals surface area contributed by atoms with E-state index in [-0.39, 0.29) is 29.7 Å². The minimum absolute atomic E-state index is 0.0751. The molecule has 6 rings (SSSR count). The minimum atomic E-state index is -2.67. The fourth-order valence-electron chi connectivity index (χ4n) is 7.66. The average molecular weight is 597 g/mol. The topological polar surface area (TPSA) is 161 Å². The Bertz CT molecular complexity index is 1680. The van der Waals surface area contributed by atoms with Gasteiger partial charge < -0.3 is 31.1 Å². The fraction of sp³-hybridized carbons (Fsp3) is 0.343. The number of aliphatic hydroxyl groups excluding tert-OH is 2. The van der Waals surface area contributed by atoms with Crippen LogP contribution in [0, 0.1) is 17.8 Å². The lowest BCUT2D eigenvalue weighted by Gasteiger charge is -2.53. The second kappa shape index (κ2) is 11.0. The largest absolute Gasteiger partial charge is 0.507 e. The summed E-state index contributed by atoms with van der Waals surface area (Å²) in [6.07, 6.45) is 0.573. The van der Waals surface area contributed by atoms with Gasteiger partial charge >= 0.3 is 0 Å². The number of amides is 1. The van der Waals surface area contributed by atoms with Gasteiger partial charge in [-0.1, -0.05) is 60.7 Å². The number of Topliss-reactive ketones (excluding diaryl/α,β-unsaturated/α-hetero) is 2. The second-order valence-electron chi connectivity index (χ2n) is 12.5. The number of hydrogen-bond acceptors (Lipinski definition) is 8. The number of hydrogen-bond donors (Lipinski definition) is 5. The van der Waals surface area contributed by atoms with E-state index < -0.39 is 58.7 Å². The summed E-state index contributed by atoms with van der Waals surface area (Å²) in [7, 11) is 3.26. The number of fused-ring (bicyclic) bond motifs is 3. The van der Waals surface area contributed by atoms with Crippen molar-refractivity contribution in [1.82, 2.24) is 4.90 Å². The molecule has 0 spiro atoms. The Hall–Kier alpha value is -4.31. The van der Waals surface area contributed by atoms with E-state index in [0.717, 1.165) is 29.5 Å². The molecule has 6 N–H and O–H groups in total. The van der Waals surface area contributed by atoms with Gasteiger partial charge in [-0.25, -0.2) is 0 Å². The van der Waals surface area contributed by atoms with Gasteiger partial charge in [0.2, 0.25) is 11.7 Å². The van der Waals surface area contributed by atoms with Crippen molar-refractivity contribution in [2.75, 3.05) is 14.1 Å². The Morgan fingerprint density at radius 2 is 1.59 bits per heavy atom. The molecule has 3 aromatic carbocycles. The molecule has 3 aliphatic carbocycles. The van der Waals surface area contributed by atoms with Crippen molar-refractivity contribution in [3.05, 3.63) is 94.6 Å². The van der Waals surface area contributed by atoms with Crippen LogP contribution in [0.25, 0.3) is 16.9 Å². The number of benzene rings is 3. The summed E-state index contributed by atoms with van der Waals surface area (Å²) in [4.78, 5) is 41.3. The second-order valence-corrected chi connectivity index (χ2v) is 12.5. The lowest BCUT2D eigenvalue weighted by atomic mass is 9.54. The van der Waals surface area contributed by atoms with E-state index in [1.807, 2.05) is 30.3 Å². The number of ketones is 2. The van der Waals surface area contributed by atoms with Crippen molar-refractivity contribution >= 4 is 23.2 Å². The Morgan fingerprint density at radius 3 is 2.20 bits per heavy atom. The lowest BCUT2D eigenvalue weighted by molar-refractivity contribution is -0.184. The molecule has 0 aromatic heterocycles. The Morgan fingerprint density at radius 1 is 0.955 bits per heavy atom. The zero-order valence-corrected chi connectivity index (χ0v) is 24.6. The summed E-state index contributed by atoms with van der Waals surface area (Å²) in [5.74, 6) is -7.53. The van der Waals surface area contributed by atoms with Gasteiger partial charge in [0.25, 0.3) is 0 Å². The van der Waals surface area contributed by atoms with Crippen LogP contribution in [0.3, 0.4) is 0 Å².